The fraction of sp³-hybridized carbons (Fsp3) is 0.0952. The summed E-state index contributed by atoms with van der Waals surface area (Å²) in [6.45, 7) is 0. The molecular weight excluding hydrogens is 428 g/mol. The zero-order valence-electron chi connectivity index (χ0n) is 13.5. The van der Waals surface area contributed by atoms with Gasteiger partial charge in [0.15, 0.2) is 5.78 Å². The van der Waals surface area contributed by atoms with Crippen LogP contribution in [0.5, 0.6) is 0 Å². The number of benzene rings is 3. The van der Waals surface area contributed by atoms with Crippen molar-refractivity contribution < 1.29 is 9.18 Å². The first-order chi connectivity index (χ1) is 12.1. The van der Waals surface area contributed by atoms with Crippen LogP contribution in [0.3, 0.4) is 0 Å². The van der Waals surface area contributed by atoms with Crippen molar-refractivity contribution in [2.45, 2.75) is 12.5 Å². The van der Waals surface area contributed by atoms with Gasteiger partial charge in [0.05, 0.1) is 6.04 Å². The zero-order chi connectivity index (χ0) is 17.6. The van der Waals surface area contributed by atoms with Crippen molar-refractivity contribution in [2.75, 3.05) is 5.32 Å². The van der Waals surface area contributed by atoms with Crippen molar-refractivity contribution in [3.05, 3.63) is 99.4 Å². The van der Waals surface area contributed by atoms with Crippen LogP contribution in [-0.2, 0) is 0 Å². The molecule has 1 unspecified atom stereocenters. The molecule has 2 nitrogen and oxygen atoms in total. The van der Waals surface area contributed by atoms with E-state index in [0.29, 0.717) is 12.0 Å². The minimum atomic E-state index is -0.340. The lowest BCUT2D eigenvalue weighted by atomic mass is 9.97. The zero-order valence-corrected chi connectivity index (χ0v) is 15.6. The Balaban J connectivity index is 1.82. The topological polar surface area (TPSA) is 29.1 Å². The summed E-state index contributed by atoms with van der Waals surface area (Å²) in [5.74, 6) is -0.361. The van der Waals surface area contributed by atoms with Crippen LogP contribution in [0.4, 0.5) is 10.1 Å². The molecule has 0 heterocycles. The van der Waals surface area contributed by atoms with Gasteiger partial charge in [-0.1, -0.05) is 30.3 Å². The molecule has 1 atom stereocenters. The van der Waals surface area contributed by atoms with Gasteiger partial charge in [-0.2, -0.15) is 0 Å². The number of rotatable bonds is 6. The molecule has 0 spiro atoms. The number of halogens is 2. The molecule has 3 aromatic carbocycles. The second-order valence-electron chi connectivity index (χ2n) is 5.75. The second-order valence-corrected chi connectivity index (χ2v) is 6.99. The maximum absolute atomic E-state index is 13.1. The summed E-state index contributed by atoms with van der Waals surface area (Å²) < 4.78 is 14.2. The highest BCUT2D eigenvalue weighted by Gasteiger charge is 2.17. The number of hydrogen-bond acceptors (Lipinski definition) is 2. The maximum Gasteiger partial charge on any atom is 0.165 e. The van der Waals surface area contributed by atoms with E-state index in [1.54, 1.807) is 0 Å². The number of nitrogens with one attached hydrogen (secondary N) is 1. The molecule has 126 valence electrons. The Morgan fingerprint density at radius 2 is 1.56 bits per heavy atom. The first kappa shape index (κ1) is 17.6. The number of hydrogen-bond donors (Lipinski definition) is 1. The van der Waals surface area contributed by atoms with E-state index in [-0.39, 0.29) is 17.6 Å². The van der Waals surface area contributed by atoms with Crippen LogP contribution in [-0.4, -0.2) is 5.78 Å². The van der Waals surface area contributed by atoms with E-state index in [0.717, 1.165) is 14.8 Å². The average Bonchev–Trinajstić information content (AvgIpc) is 2.64. The second kappa shape index (κ2) is 8.25. The van der Waals surface area contributed by atoms with Gasteiger partial charge in [0.1, 0.15) is 5.82 Å². The molecule has 1 N–H and O–H groups in total. The van der Waals surface area contributed by atoms with Gasteiger partial charge in [-0.3, -0.25) is 4.79 Å². The molecule has 0 saturated heterocycles. The summed E-state index contributed by atoms with van der Waals surface area (Å²) in [5.41, 5.74) is 2.52. The van der Waals surface area contributed by atoms with Crippen molar-refractivity contribution in [1.82, 2.24) is 0 Å². The number of ketones is 1. The van der Waals surface area contributed by atoms with E-state index < -0.39 is 0 Å². The van der Waals surface area contributed by atoms with E-state index in [1.165, 1.54) is 24.3 Å². The molecule has 0 fully saturated rings. The van der Waals surface area contributed by atoms with Crippen LogP contribution in [0.15, 0.2) is 78.9 Å². The molecule has 25 heavy (non-hydrogen) atoms. The first-order valence-electron chi connectivity index (χ1n) is 7.97. The summed E-state index contributed by atoms with van der Waals surface area (Å²) >= 11 is 2.26. The minimum Gasteiger partial charge on any atom is -0.378 e. The summed E-state index contributed by atoms with van der Waals surface area (Å²) in [4.78, 5) is 12.6. The van der Waals surface area contributed by atoms with Crippen LogP contribution >= 0.6 is 22.6 Å². The lowest BCUT2D eigenvalue weighted by Gasteiger charge is -2.20. The van der Waals surface area contributed by atoms with Crippen molar-refractivity contribution >= 4 is 34.1 Å². The Morgan fingerprint density at radius 3 is 2.20 bits per heavy atom. The highest BCUT2D eigenvalue weighted by atomic mass is 127. The van der Waals surface area contributed by atoms with E-state index in [4.69, 9.17) is 0 Å². The van der Waals surface area contributed by atoms with Crippen molar-refractivity contribution in [3.8, 4) is 0 Å². The Hall–Kier alpha value is -2.21. The first-order valence-corrected chi connectivity index (χ1v) is 9.05. The summed E-state index contributed by atoms with van der Waals surface area (Å²) in [7, 11) is 0. The number of Topliss-reactive ketones (excluding diaryl/α,β-unsaturated/α-hetero) is 1. The summed E-state index contributed by atoms with van der Waals surface area (Å²) in [5, 5.41) is 3.44. The lowest BCUT2D eigenvalue weighted by Crippen LogP contribution is -2.15. The van der Waals surface area contributed by atoms with Gasteiger partial charge in [0, 0.05) is 21.2 Å². The summed E-state index contributed by atoms with van der Waals surface area (Å²) in [6, 6.07) is 23.5. The molecule has 4 heteroatoms. The monoisotopic (exact) mass is 445 g/mol. The normalized spacial score (nSPS) is 11.8. The molecule has 0 aliphatic carbocycles. The van der Waals surface area contributed by atoms with Crippen molar-refractivity contribution in [1.29, 1.82) is 0 Å². The lowest BCUT2D eigenvalue weighted by molar-refractivity contribution is 0.0976. The molecule has 0 radical (unpaired) electrons. The fourth-order valence-corrected chi connectivity index (χ4v) is 2.98. The summed E-state index contributed by atoms with van der Waals surface area (Å²) in [6.07, 6.45) is 0.293. The molecule has 0 aromatic heterocycles. The molecule has 0 saturated carbocycles. The van der Waals surface area contributed by atoms with Gasteiger partial charge < -0.3 is 5.32 Å². The number of carbonyl (C=O) groups is 1. The Kier molecular flexibility index (Phi) is 5.81. The third-order valence-corrected chi connectivity index (χ3v) is 4.66. The fourth-order valence-electron chi connectivity index (χ4n) is 2.62. The standard InChI is InChI=1S/C21H17FINO/c22-17-8-6-16(7-9-17)21(25)14-20(15-4-2-1-3-5-15)24-19-12-10-18(23)11-13-19/h1-13,20,24H,14H2. The predicted molar refractivity (Wildman–Crippen MR) is 107 cm³/mol. The Morgan fingerprint density at radius 1 is 0.920 bits per heavy atom. The number of anilines is 1. The van der Waals surface area contributed by atoms with Gasteiger partial charge in [-0.05, 0) is 76.7 Å². The van der Waals surface area contributed by atoms with E-state index in [9.17, 15) is 9.18 Å². The highest BCUT2D eigenvalue weighted by molar-refractivity contribution is 14.1. The van der Waals surface area contributed by atoms with Crippen molar-refractivity contribution in [3.63, 3.8) is 0 Å². The van der Waals surface area contributed by atoms with Gasteiger partial charge in [-0.15, -0.1) is 0 Å². The average molecular weight is 445 g/mol. The van der Waals surface area contributed by atoms with Crippen molar-refractivity contribution in [2.24, 2.45) is 0 Å². The number of carbonyl (C=O) groups excluding carboxylic acids is 1. The molecular formula is C21H17FINO. The smallest absolute Gasteiger partial charge is 0.165 e. The van der Waals surface area contributed by atoms with Crippen LogP contribution in [0.1, 0.15) is 28.4 Å². The molecule has 3 aromatic rings. The van der Waals surface area contributed by atoms with Crippen LogP contribution in [0.2, 0.25) is 0 Å². The largest absolute Gasteiger partial charge is 0.378 e. The SMILES string of the molecule is O=C(CC(Nc1ccc(I)cc1)c1ccccc1)c1ccc(F)cc1. The van der Waals surface area contributed by atoms with E-state index >= 15 is 0 Å². The molecule has 0 aliphatic heterocycles. The highest BCUT2D eigenvalue weighted by Crippen LogP contribution is 2.25. The van der Waals surface area contributed by atoms with Gasteiger partial charge in [0.25, 0.3) is 0 Å². The Labute approximate surface area is 160 Å². The molecule has 0 bridgehead atoms. The van der Waals surface area contributed by atoms with Crippen LogP contribution in [0.25, 0.3) is 0 Å². The Bertz CT molecular complexity index is 832. The van der Waals surface area contributed by atoms with Crippen LogP contribution < -0.4 is 5.32 Å². The van der Waals surface area contributed by atoms with Gasteiger partial charge in [-0.25, -0.2) is 4.39 Å². The maximum atomic E-state index is 13.1. The van der Waals surface area contributed by atoms with E-state index in [2.05, 4.69) is 27.9 Å². The third-order valence-electron chi connectivity index (χ3n) is 3.94. The predicted octanol–water partition coefficient (Wildman–Crippen LogP) is 5.86. The molecule has 0 amide bonds. The third kappa shape index (κ3) is 4.89. The van der Waals surface area contributed by atoms with E-state index in [1.807, 2.05) is 54.6 Å². The molecule has 0 aliphatic rings. The minimum absolute atomic E-state index is 0.0214. The quantitative estimate of drug-likeness (QED) is 0.381. The van der Waals surface area contributed by atoms with Gasteiger partial charge in [0.2, 0.25) is 0 Å². The van der Waals surface area contributed by atoms with Crippen LogP contribution in [0, 0.1) is 9.39 Å². The molecule has 3 rings (SSSR count). The van der Waals surface area contributed by atoms with Gasteiger partial charge >= 0.3 is 0 Å².